The molecule has 2 aliphatic heterocycles. The quantitative estimate of drug-likeness (QED) is 0.537. The molecule has 1 unspecified atom stereocenters. The first kappa shape index (κ1) is 22.3. The average Bonchev–Trinajstić information content (AvgIpc) is 3.62. The Morgan fingerprint density at radius 2 is 1.94 bits per heavy atom. The van der Waals surface area contributed by atoms with Crippen LogP contribution in [-0.2, 0) is 11.2 Å². The number of amides is 2. The van der Waals surface area contributed by atoms with Crippen LogP contribution in [0.4, 0.5) is 5.13 Å². The SMILES string of the molecule is CCCCc1ccc(C(=O)N2CCCC2C(=O)Nc2nnc(-c3ccc4c(c3)OCO4)s2)cc1. The van der Waals surface area contributed by atoms with Crippen LogP contribution in [0.15, 0.2) is 42.5 Å². The molecule has 176 valence electrons. The second-order valence-electron chi connectivity index (χ2n) is 8.43. The number of carbonyl (C=O) groups is 2. The summed E-state index contributed by atoms with van der Waals surface area (Å²) in [5.41, 5.74) is 2.67. The van der Waals surface area contributed by atoms with Crippen LogP contribution in [0, 0.1) is 0 Å². The van der Waals surface area contributed by atoms with Gasteiger partial charge in [0, 0.05) is 17.7 Å². The first-order valence-electron chi connectivity index (χ1n) is 11.6. The Labute approximate surface area is 201 Å². The Hall–Kier alpha value is -3.46. The van der Waals surface area contributed by atoms with Crippen molar-refractivity contribution in [3.8, 4) is 22.1 Å². The molecule has 9 heteroatoms. The molecule has 2 amide bonds. The van der Waals surface area contributed by atoms with E-state index in [4.69, 9.17) is 9.47 Å². The maximum atomic E-state index is 13.1. The molecular formula is C25H26N4O4S. The Morgan fingerprint density at radius 3 is 2.76 bits per heavy atom. The number of anilines is 1. The number of hydrogen-bond acceptors (Lipinski definition) is 7. The van der Waals surface area contributed by atoms with Gasteiger partial charge in [-0.2, -0.15) is 0 Å². The standard InChI is InChI=1S/C25H26N4O4S/c1-2-3-5-16-7-9-17(10-8-16)24(31)29-13-4-6-19(29)22(30)26-25-28-27-23(34-25)18-11-12-20-21(14-18)33-15-32-20/h7-12,14,19H,2-6,13,15H2,1H3,(H,26,28,30). The van der Waals surface area contributed by atoms with E-state index in [2.05, 4.69) is 22.4 Å². The van der Waals surface area contributed by atoms with Gasteiger partial charge in [-0.1, -0.05) is 36.8 Å². The molecule has 3 aromatic rings. The fourth-order valence-electron chi connectivity index (χ4n) is 4.25. The number of carbonyl (C=O) groups excluding carboxylic acids is 2. The Balaban J connectivity index is 1.24. The van der Waals surface area contributed by atoms with Crippen molar-refractivity contribution in [2.75, 3.05) is 18.7 Å². The second kappa shape index (κ2) is 9.80. The van der Waals surface area contributed by atoms with Crippen molar-refractivity contribution in [3.05, 3.63) is 53.6 Å². The van der Waals surface area contributed by atoms with E-state index in [9.17, 15) is 9.59 Å². The summed E-state index contributed by atoms with van der Waals surface area (Å²) in [4.78, 5) is 27.8. The molecule has 0 spiro atoms. The van der Waals surface area contributed by atoms with Crippen LogP contribution in [-0.4, -0.2) is 46.3 Å². The third-order valence-electron chi connectivity index (χ3n) is 6.11. The van der Waals surface area contributed by atoms with Crippen LogP contribution in [0.5, 0.6) is 11.5 Å². The van der Waals surface area contributed by atoms with Crippen molar-refractivity contribution in [1.29, 1.82) is 0 Å². The molecule has 0 aliphatic carbocycles. The molecule has 0 saturated carbocycles. The van der Waals surface area contributed by atoms with Crippen molar-refractivity contribution in [2.45, 2.75) is 45.1 Å². The summed E-state index contributed by atoms with van der Waals surface area (Å²) in [5, 5.41) is 12.2. The lowest BCUT2D eigenvalue weighted by Gasteiger charge is -2.23. The van der Waals surface area contributed by atoms with Crippen molar-refractivity contribution < 1.29 is 19.1 Å². The van der Waals surface area contributed by atoms with E-state index in [0.717, 1.165) is 31.2 Å². The van der Waals surface area contributed by atoms with Gasteiger partial charge in [0.25, 0.3) is 5.91 Å². The Bertz CT molecular complexity index is 1190. The van der Waals surface area contributed by atoms with Crippen LogP contribution >= 0.6 is 11.3 Å². The normalized spacial score (nSPS) is 16.6. The van der Waals surface area contributed by atoms with Crippen LogP contribution < -0.4 is 14.8 Å². The van der Waals surface area contributed by atoms with Crippen LogP contribution in [0.25, 0.3) is 10.6 Å². The molecule has 34 heavy (non-hydrogen) atoms. The van der Waals surface area contributed by atoms with E-state index >= 15 is 0 Å². The molecular weight excluding hydrogens is 452 g/mol. The number of ether oxygens (including phenoxy) is 2. The fourth-order valence-corrected chi connectivity index (χ4v) is 4.99. The first-order valence-corrected chi connectivity index (χ1v) is 12.4. The Morgan fingerprint density at radius 1 is 1.12 bits per heavy atom. The molecule has 0 radical (unpaired) electrons. The number of nitrogens with zero attached hydrogens (tertiary/aromatic N) is 3. The lowest BCUT2D eigenvalue weighted by Crippen LogP contribution is -2.43. The minimum atomic E-state index is -0.523. The van der Waals surface area contributed by atoms with Crippen LogP contribution in [0.2, 0.25) is 0 Å². The molecule has 1 saturated heterocycles. The molecule has 0 bridgehead atoms. The highest BCUT2D eigenvalue weighted by Gasteiger charge is 2.35. The van der Waals surface area contributed by atoms with Crippen molar-refractivity contribution in [3.63, 3.8) is 0 Å². The molecule has 2 aliphatic rings. The van der Waals surface area contributed by atoms with Gasteiger partial charge in [0.15, 0.2) is 11.5 Å². The summed E-state index contributed by atoms with van der Waals surface area (Å²) in [6, 6.07) is 12.8. The summed E-state index contributed by atoms with van der Waals surface area (Å²) in [6.07, 6.45) is 4.69. The van der Waals surface area contributed by atoms with Gasteiger partial charge < -0.3 is 14.4 Å². The second-order valence-corrected chi connectivity index (χ2v) is 9.40. The zero-order chi connectivity index (χ0) is 23.5. The van der Waals surface area contributed by atoms with Gasteiger partial charge >= 0.3 is 0 Å². The van der Waals surface area contributed by atoms with Crippen LogP contribution in [0.3, 0.4) is 0 Å². The van der Waals surface area contributed by atoms with Crippen molar-refractivity contribution >= 4 is 28.3 Å². The van der Waals surface area contributed by atoms with E-state index in [1.807, 2.05) is 42.5 Å². The number of hydrogen-bond donors (Lipinski definition) is 1. The number of aryl methyl sites for hydroxylation is 1. The average molecular weight is 479 g/mol. The van der Waals surface area contributed by atoms with Crippen molar-refractivity contribution in [1.82, 2.24) is 15.1 Å². The van der Waals surface area contributed by atoms with Gasteiger partial charge in [-0.25, -0.2) is 0 Å². The van der Waals surface area contributed by atoms with Gasteiger partial charge in [-0.3, -0.25) is 14.9 Å². The van der Waals surface area contributed by atoms with E-state index in [1.165, 1.54) is 16.9 Å². The highest BCUT2D eigenvalue weighted by atomic mass is 32.1. The third kappa shape index (κ3) is 4.61. The topological polar surface area (TPSA) is 93.7 Å². The summed E-state index contributed by atoms with van der Waals surface area (Å²) in [5.74, 6) is 1.01. The van der Waals surface area contributed by atoms with E-state index < -0.39 is 6.04 Å². The molecule has 8 nitrogen and oxygen atoms in total. The molecule has 2 aromatic carbocycles. The summed E-state index contributed by atoms with van der Waals surface area (Å²) in [7, 11) is 0. The maximum Gasteiger partial charge on any atom is 0.254 e. The van der Waals surface area contributed by atoms with Crippen LogP contribution in [0.1, 0.15) is 48.5 Å². The van der Waals surface area contributed by atoms with Gasteiger partial charge in [0.05, 0.1) is 0 Å². The summed E-state index contributed by atoms with van der Waals surface area (Å²) >= 11 is 1.28. The van der Waals surface area contributed by atoms with Crippen molar-refractivity contribution in [2.24, 2.45) is 0 Å². The zero-order valence-electron chi connectivity index (χ0n) is 19.0. The van der Waals surface area contributed by atoms with E-state index in [0.29, 0.717) is 40.2 Å². The zero-order valence-corrected chi connectivity index (χ0v) is 19.8. The number of nitrogens with one attached hydrogen (secondary N) is 1. The maximum absolute atomic E-state index is 13.1. The molecule has 1 fully saturated rings. The fraction of sp³-hybridized carbons (Fsp3) is 0.360. The molecule has 3 heterocycles. The first-order chi connectivity index (χ1) is 16.6. The number of rotatable bonds is 7. The number of likely N-dealkylation sites (tertiary alicyclic amines) is 1. The van der Waals surface area contributed by atoms with Gasteiger partial charge in [0.2, 0.25) is 17.8 Å². The highest BCUT2D eigenvalue weighted by molar-refractivity contribution is 7.18. The van der Waals surface area contributed by atoms with Gasteiger partial charge in [-0.05, 0) is 61.6 Å². The minimum Gasteiger partial charge on any atom is -0.454 e. The lowest BCUT2D eigenvalue weighted by atomic mass is 10.1. The molecule has 1 atom stereocenters. The number of aromatic nitrogens is 2. The minimum absolute atomic E-state index is 0.113. The summed E-state index contributed by atoms with van der Waals surface area (Å²) < 4.78 is 10.8. The predicted molar refractivity (Wildman–Crippen MR) is 129 cm³/mol. The van der Waals surface area contributed by atoms with E-state index in [1.54, 1.807) is 4.90 Å². The lowest BCUT2D eigenvalue weighted by molar-refractivity contribution is -0.119. The summed E-state index contributed by atoms with van der Waals surface area (Å²) in [6.45, 7) is 2.93. The molecule has 1 aromatic heterocycles. The highest BCUT2D eigenvalue weighted by Crippen LogP contribution is 2.37. The van der Waals surface area contributed by atoms with E-state index in [-0.39, 0.29) is 18.6 Å². The monoisotopic (exact) mass is 478 g/mol. The number of benzene rings is 2. The third-order valence-corrected chi connectivity index (χ3v) is 7.00. The largest absolute Gasteiger partial charge is 0.454 e. The van der Waals surface area contributed by atoms with Gasteiger partial charge in [0.1, 0.15) is 11.0 Å². The predicted octanol–water partition coefficient (Wildman–Crippen LogP) is 4.52. The number of fused-ring (bicyclic) bond motifs is 1. The number of unbranched alkanes of at least 4 members (excludes halogenated alkanes) is 1. The van der Waals surface area contributed by atoms with Gasteiger partial charge in [-0.15, -0.1) is 10.2 Å². The Kier molecular flexibility index (Phi) is 6.44. The smallest absolute Gasteiger partial charge is 0.254 e. The molecule has 5 rings (SSSR count). The molecule has 1 N–H and O–H groups in total.